The number of rotatable bonds is 3. The standard InChI is InChI=1S/C8H14N2O3/c1-5(2)8-9-3-6(11)10(8)4-7(12)13/h5,8-9H,3-4H2,1-2H3,(H,12,13). The molecule has 0 aromatic rings. The lowest BCUT2D eigenvalue weighted by molar-refractivity contribution is -0.144. The number of aliphatic carboxylic acids is 1. The second-order valence-corrected chi connectivity index (χ2v) is 3.49. The smallest absolute Gasteiger partial charge is 0.323 e. The van der Waals surface area contributed by atoms with E-state index in [1.54, 1.807) is 0 Å². The molecule has 13 heavy (non-hydrogen) atoms. The van der Waals surface area contributed by atoms with Crippen LogP contribution in [0.1, 0.15) is 13.8 Å². The van der Waals surface area contributed by atoms with Gasteiger partial charge in [0.1, 0.15) is 6.54 Å². The zero-order valence-corrected chi connectivity index (χ0v) is 7.78. The van der Waals surface area contributed by atoms with Crippen LogP contribution in [0.15, 0.2) is 0 Å². The molecule has 1 aliphatic heterocycles. The summed E-state index contributed by atoms with van der Waals surface area (Å²) in [6.07, 6.45) is -0.136. The fourth-order valence-electron chi connectivity index (χ4n) is 1.49. The van der Waals surface area contributed by atoms with Gasteiger partial charge in [0.15, 0.2) is 0 Å². The number of hydrogen-bond acceptors (Lipinski definition) is 3. The molecule has 1 rings (SSSR count). The molecule has 1 saturated heterocycles. The van der Waals surface area contributed by atoms with Gasteiger partial charge in [0.2, 0.25) is 5.91 Å². The molecule has 1 fully saturated rings. The summed E-state index contributed by atoms with van der Waals surface area (Å²) in [7, 11) is 0. The third-order valence-corrected chi connectivity index (χ3v) is 2.06. The first-order valence-corrected chi connectivity index (χ1v) is 4.27. The number of carboxylic acids is 1. The molecular weight excluding hydrogens is 172 g/mol. The molecule has 0 aliphatic carbocycles. The first-order chi connectivity index (χ1) is 6.02. The molecule has 0 radical (unpaired) electrons. The highest BCUT2D eigenvalue weighted by molar-refractivity contribution is 5.84. The van der Waals surface area contributed by atoms with Crippen molar-refractivity contribution in [2.24, 2.45) is 5.92 Å². The van der Waals surface area contributed by atoms with Gasteiger partial charge in [-0.25, -0.2) is 0 Å². The SMILES string of the molecule is CC(C)C1NCC(=O)N1CC(=O)O. The minimum Gasteiger partial charge on any atom is -0.480 e. The Hall–Kier alpha value is -1.10. The van der Waals surface area contributed by atoms with Gasteiger partial charge < -0.3 is 10.0 Å². The Morgan fingerprint density at radius 2 is 2.38 bits per heavy atom. The maximum atomic E-state index is 11.2. The predicted octanol–water partition coefficient (Wildman–Crippen LogP) is -0.515. The first-order valence-electron chi connectivity index (χ1n) is 4.27. The van der Waals surface area contributed by atoms with Gasteiger partial charge in [-0.3, -0.25) is 14.9 Å². The van der Waals surface area contributed by atoms with E-state index in [4.69, 9.17) is 5.11 Å². The topological polar surface area (TPSA) is 69.6 Å². The molecule has 74 valence electrons. The van der Waals surface area contributed by atoms with Crippen molar-refractivity contribution in [2.45, 2.75) is 20.0 Å². The van der Waals surface area contributed by atoms with Gasteiger partial charge in [-0.1, -0.05) is 13.8 Å². The van der Waals surface area contributed by atoms with Crippen LogP contribution >= 0.6 is 0 Å². The second kappa shape index (κ2) is 3.74. The third kappa shape index (κ3) is 2.18. The summed E-state index contributed by atoms with van der Waals surface area (Å²) >= 11 is 0. The number of carboxylic acid groups (broad SMARTS) is 1. The van der Waals surface area contributed by atoms with E-state index in [0.717, 1.165) is 0 Å². The Morgan fingerprint density at radius 1 is 1.77 bits per heavy atom. The van der Waals surface area contributed by atoms with Crippen molar-refractivity contribution in [1.82, 2.24) is 10.2 Å². The molecule has 5 heteroatoms. The quantitative estimate of drug-likeness (QED) is 0.622. The van der Waals surface area contributed by atoms with Crippen LogP contribution < -0.4 is 5.32 Å². The number of nitrogens with one attached hydrogen (secondary N) is 1. The number of nitrogens with zero attached hydrogens (tertiary/aromatic N) is 1. The van der Waals surface area contributed by atoms with E-state index in [1.165, 1.54) is 4.90 Å². The average Bonchev–Trinajstić information content (AvgIpc) is 2.32. The van der Waals surface area contributed by atoms with Crippen LogP contribution in [0.25, 0.3) is 0 Å². The summed E-state index contributed by atoms with van der Waals surface area (Å²) in [5, 5.41) is 11.5. The molecule has 0 spiro atoms. The Bertz CT molecular complexity index is 227. The number of amides is 1. The Balaban J connectivity index is 2.65. The largest absolute Gasteiger partial charge is 0.480 e. The second-order valence-electron chi connectivity index (χ2n) is 3.49. The minimum atomic E-state index is -0.970. The van der Waals surface area contributed by atoms with Crippen LogP contribution in [0, 0.1) is 5.92 Å². The van der Waals surface area contributed by atoms with Crippen LogP contribution in [-0.4, -0.2) is 41.1 Å². The lowest BCUT2D eigenvalue weighted by Gasteiger charge is -2.25. The molecule has 1 amide bonds. The van der Waals surface area contributed by atoms with Crippen LogP contribution in [0.3, 0.4) is 0 Å². The Morgan fingerprint density at radius 3 is 2.85 bits per heavy atom. The molecule has 0 aromatic heterocycles. The average molecular weight is 186 g/mol. The van der Waals surface area contributed by atoms with Crippen LogP contribution in [0.4, 0.5) is 0 Å². The molecule has 0 bridgehead atoms. The van der Waals surface area contributed by atoms with Gasteiger partial charge in [-0.15, -0.1) is 0 Å². The van der Waals surface area contributed by atoms with E-state index in [-0.39, 0.29) is 31.1 Å². The summed E-state index contributed by atoms with van der Waals surface area (Å²) < 4.78 is 0. The number of carbonyl (C=O) groups is 2. The van der Waals surface area contributed by atoms with E-state index >= 15 is 0 Å². The molecule has 2 N–H and O–H groups in total. The summed E-state index contributed by atoms with van der Waals surface area (Å²) in [5.41, 5.74) is 0. The van der Waals surface area contributed by atoms with Crippen LogP contribution in [0.2, 0.25) is 0 Å². The van der Waals surface area contributed by atoms with Crippen molar-refractivity contribution < 1.29 is 14.7 Å². The van der Waals surface area contributed by atoms with Gasteiger partial charge in [0.25, 0.3) is 0 Å². The Labute approximate surface area is 76.7 Å². The monoisotopic (exact) mass is 186 g/mol. The van der Waals surface area contributed by atoms with Gasteiger partial charge >= 0.3 is 5.97 Å². The highest BCUT2D eigenvalue weighted by Gasteiger charge is 2.33. The van der Waals surface area contributed by atoms with Crippen molar-refractivity contribution in [3.05, 3.63) is 0 Å². The highest BCUT2D eigenvalue weighted by Crippen LogP contribution is 2.12. The van der Waals surface area contributed by atoms with E-state index in [2.05, 4.69) is 5.32 Å². The normalized spacial score (nSPS) is 22.8. The fourth-order valence-corrected chi connectivity index (χ4v) is 1.49. The van der Waals surface area contributed by atoms with Crippen LogP contribution in [0.5, 0.6) is 0 Å². The summed E-state index contributed by atoms with van der Waals surface area (Å²) in [5.74, 6) is -0.880. The highest BCUT2D eigenvalue weighted by atomic mass is 16.4. The van der Waals surface area contributed by atoms with Gasteiger partial charge in [0.05, 0.1) is 12.7 Å². The predicted molar refractivity (Wildman–Crippen MR) is 46.0 cm³/mol. The molecule has 0 saturated carbocycles. The zero-order chi connectivity index (χ0) is 10.0. The van der Waals surface area contributed by atoms with Gasteiger partial charge in [0, 0.05) is 0 Å². The van der Waals surface area contributed by atoms with E-state index in [0.29, 0.717) is 0 Å². The van der Waals surface area contributed by atoms with Crippen molar-refractivity contribution >= 4 is 11.9 Å². The van der Waals surface area contributed by atoms with Crippen molar-refractivity contribution in [3.8, 4) is 0 Å². The lowest BCUT2D eigenvalue weighted by atomic mass is 10.1. The van der Waals surface area contributed by atoms with Gasteiger partial charge in [-0.05, 0) is 5.92 Å². The van der Waals surface area contributed by atoms with Crippen LogP contribution in [-0.2, 0) is 9.59 Å². The molecule has 1 unspecified atom stereocenters. The maximum absolute atomic E-state index is 11.2. The van der Waals surface area contributed by atoms with Crippen molar-refractivity contribution in [1.29, 1.82) is 0 Å². The van der Waals surface area contributed by atoms with E-state index < -0.39 is 5.97 Å². The molecular formula is C8H14N2O3. The molecule has 1 aliphatic rings. The van der Waals surface area contributed by atoms with Crippen molar-refractivity contribution in [2.75, 3.05) is 13.1 Å². The maximum Gasteiger partial charge on any atom is 0.323 e. The summed E-state index contributed by atoms with van der Waals surface area (Å²) in [4.78, 5) is 23.0. The van der Waals surface area contributed by atoms with E-state index in [1.807, 2.05) is 13.8 Å². The number of hydrogen-bond donors (Lipinski definition) is 2. The molecule has 5 nitrogen and oxygen atoms in total. The minimum absolute atomic E-state index is 0.136. The summed E-state index contributed by atoms with van der Waals surface area (Å²) in [6, 6.07) is 0. The Kier molecular flexibility index (Phi) is 2.87. The number of carbonyl (C=O) groups excluding carboxylic acids is 1. The summed E-state index contributed by atoms with van der Waals surface area (Å²) in [6.45, 7) is 3.93. The van der Waals surface area contributed by atoms with E-state index in [9.17, 15) is 9.59 Å². The third-order valence-electron chi connectivity index (χ3n) is 2.06. The first kappa shape index (κ1) is 9.98. The lowest BCUT2D eigenvalue weighted by Crippen LogP contribution is -2.43. The molecule has 1 atom stereocenters. The molecule has 1 heterocycles. The van der Waals surface area contributed by atoms with Crippen molar-refractivity contribution in [3.63, 3.8) is 0 Å². The molecule has 0 aromatic carbocycles. The fraction of sp³-hybridized carbons (Fsp3) is 0.750. The zero-order valence-electron chi connectivity index (χ0n) is 7.78. The van der Waals surface area contributed by atoms with Gasteiger partial charge in [-0.2, -0.15) is 0 Å².